The standard InChI is InChI=1S/C17H25N3O3/c1-17(2,3)23-15(21)8-12-6-7-14(18-9-12)13-10-19(4)16(22)20(5)11-13/h6-7,9,13H,8,10-11H2,1-5H3. The quantitative estimate of drug-likeness (QED) is 0.800. The minimum absolute atomic E-state index is 0.0304. The number of amides is 2. The minimum Gasteiger partial charge on any atom is -0.460 e. The van der Waals surface area contributed by atoms with Gasteiger partial charge in [-0.3, -0.25) is 9.78 Å². The fraction of sp³-hybridized carbons (Fsp3) is 0.588. The summed E-state index contributed by atoms with van der Waals surface area (Å²) < 4.78 is 5.31. The van der Waals surface area contributed by atoms with E-state index >= 15 is 0 Å². The summed E-state index contributed by atoms with van der Waals surface area (Å²) >= 11 is 0. The highest BCUT2D eigenvalue weighted by Gasteiger charge is 2.28. The fourth-order valence-electron chi connectivity index (χ4n) is 2.68. The number of rotatable bonds is 3. The summed E-state index contributed by atoms with van der Waals surface area (Å²) in [6.45, 7) is 6.86. The van der Waals surface area contributed by atoms with Crippen molar-refractivity contribution in [1.29, 1.82) is 0 Å². The summed E-state index contributed by atoms with van der Waals surface area (Å²) in [6, 6.07) is 3.87. The highest BCUT2D eigenvalue weighted by Crippen LogP contribution is 2.21. The lowest BCUT2D eigenvalue weighted by atomic mass is 10.0. The van der Waals surface area contributed by atoms with Crippen LogP contribution in [0.5, 0.6) is 0 Å². The highest BCUT2D eigenvalue weighted by molar-refractivity contribution is 5.75. The van der Waals surface area contributed by atoms with E-state index in [0.717, 1.165) is 11.3 Å². The largest absolute Gasteiger partial charge is 0.460 e. The molecule has 1 aliphatic heterocycles. The zero-order chi connectivity index (χ0) is 17.2. The van der Waals surface area contributed by atoms with Gasteiger partial charge in [0.25, 0.3) is 0 Å². The third-order valence-corrected chi connectivity index (χ3v) is 3.68. The predicted octanol–water partition coefficient (Wildman–Crippen LogP) is 2.05. The van der Waals surface area contributed by atoms with Crippen LogP contribution >= 0.6 is 0 Å². The molecule has 0 bridgehead atoms. The Balaban J connectivity index is 2.00. The zero-order valence-corrected chi connectivity index (χ0v) is 14.5. The van der Waals surface area contributed by atoms with E-state index in [0.29, 0.717) is 13.1 Å². The molecule has 0 spiro atoms. The van der Waals surface area contributed by atoms with Gasteiger partial charge in [-0.25, -0.2) is 4.79 Å². The van der Waals surface area contributed by atoms with E-state index in [9.17, 15) is 9.59 Å². The van der Waals surface area contributed by atoms with Gasteiger partial charge in [-0.05, 0) is 32.4 Å². The molecular weight excluding hydrogens is 294 g/mol. The maximum absolute atomic E-state index is 11.8. The fourth-order valence-corrected chi connectivity index (χ4v) is 2.68. The molecule has 1 aromatic heterocycles. The first-order chi connectivity index (χ1) is 10.7. The predicted molar refractivity (Wildman–Crippen MR) is 87.2 cm³/mol. The highest BCUT2D eigenvalue weighted by atomic mass is 16.6. The van der Waals surface area contributed by atoms with Crippen molar-refractivity contribution in [2.24, 2.45) is 0 Å². The van der Waals surface area contributed by atoms with E-state index in [1.54, 1.807) is 30.1 Å². The molecule has 6 heteroatoms. The van der Waals surface area contributed by atoms with Crippen LogP contribution in [0.1, 0.15) is 37.9 Å². The molecule has 126 valence electrons. The zero-order valence-electron chi connectivity index (χ0n) is 14.5. The van der Waals surface area contributed by atoms with Crippen molar-refractivity contribution in [3.8, 4) is 0 Å². The Morgan fingerprint density at radius 3 is 2.35 bits per heavy atom. The van der Waals surface area contributed by atoms with Gasteiger partial charge < -0.3 is 14.5 Å². The van der Waals surface area contributed by atoms with Crippen LogP contribution < -0.4 is 0 Å². The lowest BCUT2D eigenvalue weighted by molar-refractivity contribution is -0.153. The number of carbonyl (C=O) groups excluding carboxylic acids is 2. The monoisotopic (exact) mass is 319 g/mol. The lowest BCUT2D eigenvalue weighted by Crippen LogP contribution is -2.49. The normalized spacial score (nSPS) is 16.7. The van der Waals surface area contributed by atoms with Crippen LogP contribution in [-0.2, 0) is 16.0 Å². The Kier molecular flexibility index (Phi) is 4.92. The van der Waals surface area contributed by atoms with Crippen molar-refractivity contribution >= 4 is 12.0 Å². The molecule has 1 saturated heterocycles. The van der Waals surface area contributed by atoms with Crippen molar-refractivity contribution in [3.63, 3.8) is 0 Å². The molecule has 1 aliphatic rings. The first kappa shape index (κ1) is 17.2. The molecule has 0 saturated carbocycles. The smallest absolute Gasteiger partial charge is 0.319 e. The number of urea groups is 1. The van der Waals surface area contributed by atoms with Crippen LogP contribution in [0.25, 0.3) is 0 Å². The van der Waals surface area contributed by atoms with Gasteiger partial charge >= 0.3 is 12.0 Å². The number of pyridine rings is 1. The van der Waals surface area contributed by atoms with Crippen LogP contribution in [-0.4, -0.2) is 59.6 Å². The second-order valence-electron chi connectivity index (χ2n) is 7.10. The summed E-state index contributed by atoms with van der Waals surface area (Å²) in [5.41, 5.74) is 1.29. The van der Waals surface area contributed by atoms with Crippen molar-refractivity contribution in [2.75, 3.05) is 27.2 Å². The van der Waals surface area contributed by atoms with Crippen molar-refractivity contribution in [1.82, 2.24) is 14.8 Å². The molecule has 0 N–H and O–H groups in total. The van der Waals surface area contributed by atoms with E-state index in [2.05, 4.69) is 4.98 Å². The third kappa shape index (κ3) is 4.68. The molecule has 1 fully saturated rings. The van der Waals surface area contributed by atoms with Gasteiger partial charge in [0.2, 0.25) is 0 Å². The van der Waals surface area contributed by atoms with Crippen LogP contribution in [0.3, 0.4) is 0 Å². The van der Waals surface area contributed by atoms with E-state index < -0.39 is 5.60 Å². The summed E-state index contributed by atoms with van der Waals surface area (Å²) in [6.07, 6.45) is 1.93. The van der Waals surface area contributed by atoms with Gasteiger partial charge in [0.1, 0.15) is 5.60 Å². The summed E-state index contributed by atoms with van der Waals surface area (Å²) in [5, 5.41) is 0. The van der Waals surface area contributed by atoms with Gasteiger partial charge in [-0.2, -0.15) is 0 Å². The number of nitrogens with zero attached hydrogens (tertiary/aromatic N) is 3. The molecule has 0 aliphatic carbocycles. The Labute approximate surface area is 137 Å². The molecule has 2 heterocycles. The molecule has 6 nitrogen and oxygen atoms in total. The second-order valence-corrected chi connectivity index (χ2v) is 7.10. The summed E-state index contributed by atoms with van der Waals surface area (Å²) in [4.78, 5) is 31.5. The molecule has 0 aromatic carbocycles. The molecule has 0 unspecified atom stereocenters. The average molecular weight is 319 g/mol. The maximum Gasteiger partial charge on any atom is 0.319 e. The molecule has 1 aromatic rings. The number of ether oxygens (including phenoxy) is 1. The van der Waals surface area contributed by atoms with Crippen molar-refractivity contribution in [3.05, 3.63) is 29.6 Å². The second kappa shape index (κ2) is 6.56. The van der Waals surface area contributed by atoms with Gasteiger partial charge in [-0.15, -0.1) is 0 Å². The number of hydrogen-bond acceptors (Lipinski definition) is 4. The molecule has 0 atom stereocenters. The number of hydrogen-bond donors (Lipinski definition) is 0. The number of esters is 1. The Morgan fingerprint density at radius 2 is 1.87 bits per heavy atom. The van der Waals surface area contributed by atoms with Crippen LogP contribution in [0.15, 0.2) is 18.3 Å². The van der Waals surface area contributed by atoms with Gasteiger partial charge in [-0.1, -0.05) is 6.07 Å². The SMILES string of the molecule is CN1CC(c2ccc(CC(=O)OC(C)(C)C)cn2)CN(C)C1=O. The van der Waals surface area contributed by atoms with E-state index in [1.165, 1.54) is 0 Å². The average Bonchev–Trinajstić information content (AvgIpc) is 2.43. The van der Waals surface area contributed by atoms with Gasteiger partial charge in [0, 0.05) is 45.0 Å². The van der Waals surface area contributed by atoms with E-state index in [1.807, 2.05) is 32.9 Å². The van der Waals surface area contributed by atoms with E-state index in [-0.39, 0.29) is 24.3 Å². The Hall–Kier alpha value is -2.11. The van der Waals surface area contributed by atoms with E-state index in [4.69, 9.17) is 4.74 Å². The molecular formula is C17H25N3O3. The van der Waals surface area contributed by atoms with Crippen LogP contribution in [0.4, 0.5) is 4.79 Å². The molecule has 0 radical (unpaired) electrons. The Bertz CT molecular complexity index is 564. The minimum atomic E-state index is -0.478. The molecule has 2 rings (SSSR count). The van der Waals surface area contributed by atoms with Crippen molar-refractivity contribution < 1.29 is 14.3 Å². The maximum atomic E-state index is 11.8. The molecule has 23 heavy (non-hydrogen) atoms. The van der Waals surface area contributed by atoms with Crippen LogP contribution in [0, 0.1) is 0 Å². The summed E-state index contributed by atoms with van der Waals surface area (Å²) in [7, 11) is 3.59. The third-order valence-electron chi connectivity index (χ3n) is 3.68. The first-order valence-corrected chi connectivity index (χ1v) is 7.78. The van der Waals surface area contributed by atoms with Crippen LogP contribution in [0.2, 0.25) is 0 Å². The number of aromatic nitrogens is 1. The van der Waals surface area contributed by atoms with Crippen molar-refractivity contribution in [2.45, 2.75) is 38.7 Å². The number of likely N-dealkylation sites (N-methyl/N-ethyl adjacent to an activating group) is 2. The lowest BCUT2D eigenvalue weighted by Gasteiger charge is -2.36. The topological polar surface area (TPSA) is 62.7 Å². The van der Waals surface area contributed by atoms with Gasteiger partial charge in [0.05, 0.1) is 6.42 Å². The number of carbonyl (C=O) groups is 2. The van der Waals surface area contributed by atoms with Gasteiger partial charge in [0.15, 0.2) is 0 Å². The molecule has 2 amide bonds. The Morgan fingerprint density at radius 1 is 1.26 bits per heavy atom. The summed E-state index contributed by atoms with van der Waals surface area (Å²) in [5.74, 6) is -0.0759. The first-order valence-electron chi connectivity index (χ1n) is 7.78.